The van der Waals surface area contributed by atoms with Crippen molar-refractivity contribution >= 4 is 10.2 Å². The number of likely N-dealkylation sites (N-methyl/N-ethyl adjacent to an activating group) is 1. The third-order valence-electron chi connectivity index (χ3n) is 2.20. The summed E-state index contributed by atoms with van der Waals surface area (Å²) >= 11 is 0. The van der Waals surface area contributed by atoms with E-state index in [1.165, 1.54) is 15.7 Å². The highest BCUT2D eigenvalue weighted by molar-refractivity contribution is 7.86. The third-order valence-corrected chi connectivity index (χ3v) is 4.19. The van der Waals surface area contributed by atoms with Crippen LogP contribution in [0.5, 0.6) is 0 Å². The van der Waals surface area contributed by atoms with Crippen molar-refractivity contribution in [3.05, 3.63) is 0 Å². The molecule has 1 aliphatic rings. The topological polar surface area (TPSA) is 60.9 Å². The standard InChI is InChI=1S/C7H16N2O3S/c1-8(6-7-10)13(11,12)9-4-2-3-5-9/h10H,2-7H2,1H3. The zero-order chi connectivity index (χ0) is 9.90. The van der Waals surface area contributed by atoms with Crippen LogP contribution in [0.25, 0.3) is 0 Å². The zero-order valence-corrected chi connectivity index (χ0v) is 8.63. The Bertz CT molecular complexity index is 246. The van der Waals surface area contributed by atoms with Crippen molar-refractivity contribution in [1.29, 1.82) is 0 Å². The molecule has 0 spiro atoms. The van der Waals surface area contributed by atoms with Crippen LogP contribution in [0, 0.1) is 0 Å². The molecule has 0 amide bonds. The molecular formula is C7H16N2O3S. The van der Waals surface area contributed by atoms with E-state index in [2.05, 4.69) is 0 Å². The molecule has 0 aromatic carbocycles. The average Bonchev–Trinajstić information content (AvgIpc) is 2.56. The lowest BCUT2D eigenvalue weighted by Crippen LogP contribution is -2.41. The highest BCUT2D eigenvalue weighted by atomic mass is 32.2. The van der Waals surface area contributed by atoms with E-state index in [-0.39, 0.29) is 13.2 Å². The molecule has 1 saturated heterocycles. The molecule has 0 atom stereocenters. The zero-order valence-electron chi connectivity index (χ0n) is 7.81. The lowest BCUT2D eigenvalue weighted by Gasteiger charge is -2.22. The lowest BCUT2D eigenvalue weighted by molar-refractivity contribution is 0.260. The first kappa shape index (κ1) is 10.9. The second-order valence-corrected chi connectivity index (χ2v) is 5.19. The van der Waals surface area contributed by atoms with Crippen molar-refractivity contribution in [2.45, 2.75) is 12.8 Å². The van der Waals surface area contributed by atoms with E-state index in [0.29, 0.717) is 13.1 Å². The van der Waals surface area contributed by atoms with Gasteiger partial charge in [0, 0.05) is 26.7 Å². The Morgan fingerprint density at radius 1 is 1.38 bits per heavy atom. The van der Waals surface area contributed by atoms with Crippen molar-refractivity contribution in [2.75, 3.05) is 33.3 Å². The highest BCUT2D eigenvalue weighted by Gasteiger charge is 2.28. The van der Waals surface area contributed by atoms with Crippen LogP contribution in [0.4, 0.5) is 0 Å². The van der Waals surface area contributed by atoms with Gasteiger partial charge in [-0.2, -0.15) is 17.0 Å². The molecule has 78 valence electrons. The Labute approximate surface area is 79.1 Å². The second-order valence-electron chi connectivity index (χ2n) is 3.16. The molecule has 5 nitrogen and oxygen atoms in total. The van der Waals surface area contributed by atoms with E-state index >= 15 is 0 Å². The molecule has 0 aromatic heterocycles. The molecule has 1 rings (SSSR count). The minimum Gasteiger partial charge on any atom is -0.395 e. The van der Waals surface area contributed by atoms with Gasteiger partial charge in [0.25, 0.3) is 10.2 Å². The second kappa shape index (κ2) is 4.36. The molecule has 6 heteroatoms. The molecule has 0 unspecified atom stereocenters. The van der Waals surface area contributed by atoms with Gasteiger partial charge in [-0.25, -0.2) is 0 Å². The molecule has 0 aliphatic carbocycles. The summed E-state index contributed by atoms with van der Waals surface area (Å²) in [5, 5.41) is 8.62. The van der Waals surface area contributed by atoms with E-state index in [4.69, 9.17) is 5.11 Å². The van der Waals surface area contributed by atoms with Crippen LogP contribution in [0.3, 0.4) is 0 Å². The van der Waals surface area contributed by atoms with E-state index in [1.807, 2.05) is 0 Å². The molecule has 1 fully saturated rings. The minimum absolute atomic E-state index is 0.135. The number of nitrogens with zero attached hydrogens (tertiary/aromatic N) is 2. The predicted octanol–water partition coefficient (Wildman–Crippen LogP) is -0.749. The summed E-state index contributed by atoms with van der Waals surface area (Å²) in [7, 11) is -1.80. The first-order chi connectivity index (χ1) is 6.09. The normalized spacial score (nSPS) is 19.9. The van der Waals surface area contributed by atoms with Crippen LogP contribution >= 0.6 is 0 Å². The van der Waals surface area contributed by atoms with Crippen LogP contribution in [0.2, 0.25) is 0 Å². The van der Waals surface area contributed by atoms with Gasteiger partial charge < -0.3 is 5.11 Å². The van der Waals surface area contributed by atoms with Crippen molar-refractivity contribution in [3.8, 4) is 0 Å². The summed E-state index contributed by atoms with van der Waals surface area (Å²) in [4.78, 5) is 0. The minimum atomic E-state index is -3.29. The summed E-state index contributed by atoms with van der Waals surface area (Å²) in [6.45, 7) is 1.25. The third kappa shape index (κ3) is 2.40. The number of rotatable bonds is 4. The van der Waals surface area contributed by atoms with Gasteiger partial charge in [0.05, 0.1) is 6.61 Å². The van der Waals surface area contributed by atoms with E-state index < -0.39 is 10.2 Å². The molecule has 0 saturated carbocycles. The molecule has 0 bridgehead atoms. The van der Waals surface area contributed by atoms with Gasteiger partial charge >= 0.3 is 0 Å². The quantitative estimate of drug-likeness (QED) is 0.661. The Balaban J connectivity index is 2.63. The van der Waals surface area contributed by atoms with Crippen LogP contribution < -0.4 is 0 Å². The maximum atomic E-state index is 11.7. The van der Waals surface area contributed by atoms with Gasteiger partial charge in [-0.15, -0.1) is 0 Å². The Hall–Kier alpha value is -0.170. The monoisotopic (exact) mass is 208 g/mol. The van der Waals surface area contributed by atoms with Gasteiger partial charge in [0.15, 0.2) is 0 Å². The molecule has 1 heterocycles. The van der Waals surface area contributed by atoms with Crippen LogP contribution in [0.15, 0.2) is 0 Å². The predicted molar refractivity (Wildman–Crippen MR) is 49.4 cm³/mol. The molecule has 0 radical (unpaired) electrons. The fourth-order valence-electron chi connectivity index (χ4n) is 1.37. The average molecular weight is 208 g/mol. The Morgan fingerprint density at radius 3 is 2.38 bits per heavy atom. The summed E-state index contributed by atoms with van der Waals surface area (Å²) < 4.78 is 26.0. The fraction of sp³-hybridized carbons (Fsp3) is 1.00. The number of hydrogen-bond donors (Lipinski definition) is 1. The van der Waals surface area contributed by atoms with E-state index in [1.54, 1.807) is 0 Å². The fourth-order valence-corrected chi connectivity index (χ4v) is 2.80. The molecule has 1 aliphatic heterocycles. The van der Waals surface area contributed by atoms with Gasteiger partial charge in [-0.1, -0.05) is 0 Å². The summed E-state index contributed by atoms with van der Waals surface area (Å²) in [6.07, 6.45) is 1.87. The van der Waals surface area contributed by atoms with E-state index in [0.717, 1.165) is 12.8 Å². The largest absolute Gasteiger partial charge is 0.395 e. The van der Waals surface area contributed by atoms with Crippen molar-refractivity contribution in [1.82, 2.24) is 8.61 Å². The van der Waals surface area contributed by atoms with Crippen LogP contribution in [-0.2, 0) is 10.2 Å². The summed E-state index contributed by atoms with van der Waals surface area (Å²) in [5.74, 6) is 0. The Morgan fingerprint density at radius 2 is 1.92 bits per heavy atom. The smallest absolute Gasteiger partial charge is 0.281 e. The van der Waals surface area contributed by atoms with Gasteiger partial charge in [0.1, 0.15) is 0 Å². The van der Waals surface area contributed by atoms with E-state index in [9.17, 15) is 8.42 Å². The van der Waals surface area contributed by atoms with Gasteiger partial charge in [-0.05, 0) is 12.8 Å². The first-order valence-electron chi connectivity index (χ1n) is 4.41. The molecule has 1 N–H and O–H groups in total. The van der Waals surface area contributed by atoms with Gasteiger partial charge in [0.2, 0.25) is 0 Å². The maximum Gasteiger partial charge on any atom is 0.281 e. The first-order valence-corrected chi connectivity index (χ1v) is 5.81. The molecular weight excluding hydrogens is 192 g/mol. The Kier molecular flexibility index (Phi) is 3.66. The number of hydrogen-bond acceptors (Lipinski definition) is 3. The summed E-state index contributed by atoms with van der Waals surface area (Å²) in [5.41, 5.74) is 0. The van der Waals surface area contributed by atoms with Crippen LogP contribution in [-0.4, -0.2) is 55.4 Å². The maximum absolute atomic E-state index is 11.7. The van der Waals surface area contributed by atoms with Crippen molar-refractivity contribution in [3.63, 3.8) is 0 Å². The van der Waals surface area contributed by atoms with Crippen molar-refractivity contribution < 1.29 is 13.5 Å². The van der Waals surface area contributed by atoms with Gasteiger partial charge in [-0.3, -0.25) is 0 Å². The SMILES string of the molecule is CN(CCO)S(=O)(=O)N1CCCC1. The molecule has 0 aromatic rings. The van der Waals surface area contributed by atoms with Crippen molar-refractivity contribution in [2.24, 2.45) is 0 Å². The number of aliphatic hydroxyl groups is 1. The summed E-state index contributed by atoms with van der Waals surface area (Å²) in [6, 6.07) is 0. The van der Waals surface area contributed by atoms with Crippen LogP contribution in [0.1, 0.15) is 12.8 Å². The number of aliphatic hydroxyl groups excluding tert-OH is 1. The molecule has 13 heavy (non-hydrogen) atoms. The lowest BCUT2D eigenvalue weighted by atomic mass is 10.4. The highest BCUT2D eigenvalue weighted by Crippen LogP contribution is 2.14.